The second kappa shape index (κ2) is 7.32. The Hall–Kier alpha value is -3.39. The molecular formula is C23H18F2N2O. The highest BCUT2D eigenvalue weighted by molar-refractivity contribution is 5.62. The smallest absolute Gasteiger partial charge is 0.205 e. The lowest BCUT2D eigenvalue weighted by molar-refractivity contribution is 0.277. The molecule has 1 aliphatic heterocycles. The molecular weight excluding hydrogens is 358 g/mol. The fraction of sp³-hybridized carbons (Fsp3) is 0.174. The van der Waals surface area contributed by atoms with Crippen LogP contribution in [0.25, 0.3) is 6.08 Å². The molecule has 2 aromatic carbocycles. The van der Waals surface area contributed by atoms with E-state index in [-0.39, 0.29) is 23.1 Å². The SMILES string of the molecule is N#CC1=C(N)OC2=C(CCCC2=Cc2cccc(F)c2)C1c1cccc(F)c1. The van der Waals surface area contributed by atoms with Crippen LogP contribution in [0.15, 0.2) is 76.9 Å². The largest absolute Gasteiger partial charge is 0.440 e. The summed E-state index contributed by atoms with van der Waals surface area (Å²) in [7, 11) is 0. The van der Waals surface area contributed by atoms with Gasteiger partial charge in [-0.15, -0.1) is 0 Å². The van der Waals surface area contributed by atoms with Gasteiger partial charge in [0.1, 0.15) is 29.0 Å². The van der Waals surface area contributed by atoms with Gasteiger partial charge in [0.2, 0.25) is 5.88 Å². The lowest BCUT2D eigenvalue weighted by atomic mass is 9.77. The minimum Gasteiger partial charge on any atom is -0.440 e. The van der Waals surface area contributed by atoms with E-state index in [0.717, 1.165) is 36.0 Å². The Labute approximate surface area is 162 Å². The molecule has 3 nitrogen and oxygen atoms in total. The summed E-state index contributed by atoms with van der Waals surface area (Å²) in [6.45, 7) is 0. The third-order valence-electron chi connectivity index (χ3n) is 5.08. The van der Waals surface area contributed by atoms with Crippen molar-refractivity contribution in [2.24, 2.45) is 5.73 Å². The third kappa shape index (κ3) is 3.29. The van der Waals surface area contributed by atoms with Crippen LogP contribution >= 0.6 is 0 Å². The maximum absolute atomic E-state index is 13.9. The van der Waals surface area contributed by atoms with Crippen molar-refractivity contribution < 1.29 is 13.5 Å². The first-order valence-corrected chi connectivity index (χ1v) is 9.09. The van der Waals surface area contributed by atoms with Gasteiger partial charge in [-0.1, -0.05) is 24.3 Å². The van der Waals surface area contributed by atoms with Gasteiger partial charge >= 0.3 is 0 Å². The van der Waals surface area contributed by atoms with Crippen LogP contribution in [0.4, 0.5) is 8.78 Å². The predicted octanol–water partition coefficient (Wildman–Crippen LogP) is 5.29. The second-order valence-electron chi connectivity index (χ2n) is 6.91. The molecule has 2 N–H and O–H groups in total. The van der Waals surface area contributed by atoms with Crippen molar-refractivity contribution in [2.75, 3.05) is 0 Å². The zero-order valence-electron chi connectivity index (χ0n) is 15.1. The van der Waals surface area contributed by atoms with Gasteiger partial charge in [0.15, 0.2) is 0 Å². The molecule has 0 spiro atoms. The summed E-state index contributed by atoms with van der Waals surface area (Å²) in [5.41, 5.74) is 9.55. The number of nitriles is 1. The molecule has 140 valence electrons. The van der Waals surface area contributed by atoms with Crippen LogP contribution in [0.5, 0.6) is 0 Å². The van der Waals surface area contributed by atoms with Gasteiger partial charge in [-0.3, -0.25) is 0 Å². The number of nitrogens with zero attached hydrogens (tertiary/aromatic N) is 1. The van der Waals surface area contributed by atoms with E-state index in [9.17, 15) is 14.0 Å². The average Bonchev–Trinajstić information content (AvgIpc) is 2.67. The van der Waals surface area contributed by atoms with Gasteiger partial charge in [0, 0.05) is 5.92 Å². The minimum absolute atomic E-state index is 0.0301. The van der Waals surface area contributed by atoms with Crippen LogP contribution in [0, 0.1) is 23.0 Å². The van der Waals surface area contributed by atoms with Crippen molar-refractivity contribution in [2.45, 2.75) is 25.2 Å². The summed E-state index contributed by atoms with van der Waals surface area (Å²) in [5.74, 6) is -0.481. The van der Waals surface area contributed by atoms with E-state index in [2.05, 4.69) is 6.07 Å². The fourth-order valence-corrected chi connectivity index (χ4v) is 3.90. The van der Waals surface area contributed by atoms with Gasteiger partial charge in [0.05, 0.1) is 0 Å². The van der Waals surface area contributed by atoms with E-state index >= 15 is 0 Å². The van der Waals surface area contributed by atoms with Crippen LogP contribution < -0.4 is 5.73 Å². The lowest BCUT2D eigenvalue weighted by Gasteiger charge is -2.33. The van der Waals surface area contributed by atoms with Crippen molar-refractivity contribution >= 4 is 6.08 Å². The van der Waals surface area contributed by atoms with Crippen molar-refractivity contribution in [3.8, 4) is 6.07 Å². The quantitative estimate of drug-likeness (QED) is 0.774. The maximum atomic E-state index is 13.9. The molecule has 2 aliphatic rings. The maximum Gasteiger partial charge on any atom is 0.205 e. The van der Waals surface area contributed by atoms with Gasteiger partial charge in [-0.05, 0) is 71.9 Å². The third-order valence-corrected chi connectivity index (χ3v) is 5.08. The number of rotatable bonds is 2. The summed E-state index contributed by atoms with van der Waals surface area (Å²) in [6.07, 6.45) is 4.20. The molecule has 28 heavy (non-hydrogen) atoms. The first-order valence-electron chi connectivity index (χ1n) is 9.09. The number of halogens is 2. The minimum atomic E-state index is -0.444. The Kier molecular flexibility index (Phi) is 4.70. The lowest BCUT2D eigenvalue weighted by Crippen LogP contribution is -2.23. The predicted molar refractivity (Wildman–Crippen MR) is 102 cm³/mol. The van der Waals surface area contributed by atoms with Crippen LogP contribution in [0.1, 0.15) is 36.3 Å². The Morgan fingerprint density at radius 1 is 1.07 bits per heavy atom. The van der Waals surface area contributed by atoms with Crippen molar-refractivity contribution in [1.29, 1.82) is 5.26 Å². The normalized spacial score (nSPS) is 20.6. The Morgan fingerprint density at radius 2 is 1.82 bits per heavy atom. The number of nitrogens with two attached hydrogens (primary N) is 1. The number of hydrogen-bond donors (Lipinski definition) is 1. The fourth-order valence-electron chi connectivity index (χ4n) is 3.90. The van der Waals surface area contributed by atoms with E-state index in [1.807, 2.05) is 12.1 Å². The van der Waals surface area contributed by atoms with Crippen molar-refractivity contribution in [3.05, 3.63) is 99.7 Å². The molecule has 0 bridgehead atoms. The highest BCUT2D eigenvalue weighted by Crippen LogP contribution is 2.46. The van der Waals surface area contributed by atoms with Crippen molar-refractivity contribution in [1.82, 2.24) is 0 Å². The zero-order valence-corrected chi connectivity index (χ0v) is 15.1. The number of allylic oxidation sites excluding steroid dienone is 3. The average molecular weight is 376 g/mol. The molecule has 1 atom stereocenters. The standard InChI is InChI=1S/C23H18F2N2O/c24-17-7-1-4-14(11-17)10-16-6-3-9-19-21(15-5-2-8-18(25)12-15)20(13-26)23(27)28-22(16)19/h1-2,4-5,7-8,10-12,21H,3,6,9,27H2. The molecule has 5 heteroatoms. The molecule has 1 unspecified atom stereocenters. The summed E-state index contributed by atoms with van der Waals surface area (Å²) in [6, 6.07) is 14.7. The molecule has 0 amide bonds. The van der Waals surface area contributed by atoms with Crippen LogP contribution in [-0.2, 0) is 4.74 Å². The van der Waals surface area contributed by atoms with E-state index in [4.69, 9.17) is 10.5 Å². The van der Waals surface area contributed by atoms with Gasteiger partial charge < -0.3 is 10.5 Å². The molecule has 2 aromatic rings. The van der Waals surface area contributed by atoms with Crippen LogP contribution in [0.3, 0.4) is 0 Å². The van der Waals surface area contributed by atoms with E-state index in [1.54, 1.807) is 18.2 Å². The molecule has 1 heterocycles. The number of ether oxygens (including phenoxy) is 1. The van der Waals surface area contributed by atoms with Gasteiger partial charge in [-0.25, -0.2) is 8.78 Å². The number of hydrogen-bond acceptors (Lipinski definition) is 3. The highest BCUT2D eigenvalue weighted by atomic mass is 19.1. The van der Waals surface area contributed by atoms with Crippen molar-refractivity contribution in [3.63, 3.8) is 0 Å². The second-order valence-corrected chi connectivity index (χ2v) is 6.91. The summed E-state index contributed by atoms with van der Waals surface area (Å²) in [4.78, 5) is 0. The van der Waals surface area contributed by atoms with E-state index in [0.29, 0.717) is 11.3 Å². The summed E-state index contributed by atoms with van der Waals surface area (Å²) in [5, 5.41) is 9.64. The first kappa shape index (κ1) is 18.0. The number of benzene rings is 2. The Morgan fingerprint density at radius 3 is 2.54 bits per heavy atom. The zero-order chi connectivity index (χ0) is 19.7. The summed E-state index contributed by atoms with van der Waals surface area (Å²) < 4.78 is 33.3. The van der Waals surface area contributed by atoms with Gasteiger partial charge in [0.25, 0.3) is 0 Å². The molecule has 0 radical (unpaired) electrons. The van der Waals surface area contributed by atoms with Crippen LogP contribution in [-0.4, -0.2) is 0 Å². The highest BCUT2D eigenvalue weighted by Gasteiger charge is 2.35. The molecule has 4 rings (SSSR count). The molecule has 0 fully saturated rings. The molecule has 0 saturated carbocycles. The van der Waals surface area contributed by atoms with E-state index < -0.39 is 5.92 Å². The Balaban J connectivity index is 1.85. The van der Waals surface area contributed by atoms with E-state index in [1.165, 1.54) is 24.3 Å². The molecule has 0 saturated heterocycles. The Bertz CT molecular complexity index is 1080. The molecule has 0 aromatic heterocycles. The topological polar surface area (TPSA) is 59.0 Å². The summed E-state index contributed by atoms with van der Waals surface area (Å²) >= 11 is 0. The molecule has 1 aliphatic carbocycles. The van der Waals surface area contributed by atoms with Gasteiger partial charge in [-0.2, -0.15) is 5.26 Å². The van der Waals surface area contributed by atoms with Crippen LogP contribution in [0.2, 0.25) is 0 Å². The monoisotopic (exact) mass is 376 g/mol. The first-order chi connectivity index (χ1) is 13.6.